The highest BCUT2D eigenvalue weighted by Crippen LogP contribution is 2.24. The third kappa shape index (κ3) is 5.69. The molecule has 120 valence electrons. The number of hydrogen-bond donors (Lipinski definition) is 1. The minimum atomic E-state index is -0.336. The van der Waals surface area contributed by atoms with Crippen molar-refractivity contribution in [1.82, 2.24) is 5.43 Å². The summed E-state index contributed by atoms with van der Waals surface area (Å²) in [7, 11) is 1.60. The molecule has 1 amide bonds. The molecule has 0 aromatic heterocycles. The zero-order valence-electron chi connectivity index (χ0n) is 12.3. The van der Waals surface area contributed by atoms with Crippen LogP contribution < -0.4 is 14.9 Å². The summed E-state index contributed by atoms with van der Waals surface area (Å²) in [5.41, 5.74) is 3.24. The molecule has 0 bridgehead atoms. The number of rotatable bonds is 6. The maximum atomic E-state index is 11.7. The number of carbonyl (C=O) groups excluding carboxylic acids is 1. The molecule has 5 nitrogen and oxygen atoms in total. The molecule has 0 atom stereocenters. The Morgan fingerprint density at radius 2 is 1.96 bits per heavy atom. The first-order valence-electron chi connectivity index (χ1n) is 6.62. The van der Waals surface area contributed by atoms with Gasteiger partial charge in [0.05, 0.1) is 17.8 Å². The van der Waals surface area contributed by atoms with Crippen LogP contribution in [0.5, 0.6) is 11.5 Å². The number of nitrogens with zero attached hydrogens (tertiary/aromatic N) is 1. The van der Waals surface area contributed by atoms with Crippen LogP contribution in [0.25, 0.3) is 0 Å². The van der Waals surface area contributed by atoms with Crippen LogP contribution in [0, 0.1) is 0 Å². The Kier molecular flexibility index (Phi) is 6.61. The van der Waals surface area contributed by atoms with E-state index in [2.05, 4.69) is 42.4 Å². The number of hydrazone groups is 1. The maximum Gasteiger partial charge on any atom is 0.277 e. The molecule has 0 saturated carbocycles. The van der Waals surface area contributed by atoms with E-state index < -0.39 is 0 Å². The number of hydrogen-bond acceptors (Lipinski definition) is 4. The van der Waals surface area contributed by atoms with Crippen molar-refractivity contribution in [3.63, 3.8) is 0 Å². The number of methoxy groups -OCH3 is 1. The van der Waals surface area contributed by atoms with Crippen LogP contribution in [0.4, 0.5) is 0 Å². The smallest absolute Gasteiger partial charge is 0.277 e. The van der Waals surface area contributed by atoms with Gasteiger partial charge in [0.25, 0.3) is 5.91 Å². The lowest BCUT2D eigenvalue weighted by Crippen LogP contribution is -2.24. The number of halogens is 2. The molecule has 2 aromatic rings. The monoisotopic (exact) mass is 440 g/mol. The summed E-state index contributed by atoms with van der Waals surface area (Å²) in [6, 6.07) is 12.7. The highest BCUT2D eigenvalue weighted by molar-refractivity contribution is 9.10. The summed E-state index contributed by atoms with van der Waals surface area (Å²) >= 11 is 6.72. The third-order valence-electron chi connectivity index (χ3n) is 2.76. The van der Waals surface area contributed by atoms with Crippen molar-refractivity contribution in [2.24, 2.45) is 5.10 Å². The molecule has 2 aromatic carbocycles. The Balaban J connectivity index is 1.81. The maximum absolute atomic E-state index is 11.7. The largest absolute Gasteiger partial charge is 0.496 e. The van der Waals surface area contributed by atoms with E-state index in [1.165, 1.54) is 0 Å². The molecule has 0 aliphatic carbocycles. The summed E-state index contributed by atoms with van der Waals surface area (Å²) in [5, 5.41) is 3.89. The van der Waals surface area contributed by atoms with E-state index in [9.17, 15) is 4.79 Å². The Hall–Kier alpha value is -1.86. The van der Waals surface area contributed by atoms with Gasteiger partial charge in [-0.25, -0.2) is 5.43 Å². The predicted molar refractivity (Wildman–Crippen MR) is 96.1 cm³/mol. The molecule has 0 spiro atoms. The van der Waals surface area contributed by atoms with Gasteiger partial charge >= 0.3 is 0 Å². The second-order valence-electron chi connectivity index (χ2n) is 4.43. The molecular formula is C16H14Br2N2O3. The first-order valence-corrected chi connectivity index (χ1v) is 8.21. The lowest BCUT2D eigenvalue weighted by Gasteiger charge is -2.05. The number of nitrogens with one attached hydrogen (secondary N) is 1. The first kappa shape index (κ1) is 17.5. The Labute approximate surface area is 150 Å². The van der Waals surface area contributed by atoms with Crippen LogP contribution in [0.3, 0.4) is 0 Å². The number of benzene rings is 2. The zero-order valence-corrected chi connectivity index (χ0v) is 15.4. The van der Waals surface area contributed by atoms with Gasteiger partial charge < -0.3 is 9.47 Å². The summed E-state index contributed by atoms with van der Waals surface area (Å²) in [6.45, 7) is -0.106. The van der Waals surface area contributed by atoms with Gasteiger partial charge in [-0.2, -0.15) is 5.10 Å². The average molecular weight is 442 g/mol. The lowest BCUT2D eigenvalue weighted by molar-refractivity contribution is -0.123. The van der Waals surface area contributed by atoms with Gasteiger partial charge in [0.2, 0.25) is 0 Å². The van der Waals surface area contributed by atoms with E-state index in [-0.39, 0.29) is 12.5 Å². The Bertz CT molecular complexity index is 703. The van der Waals surface area contributed by atoms with E-state index >= 15 is 0 Å². The van der Waals surface area contributed by atoms with Crippen LogP contribution in [0.2, 0.25) is 0 Å². The summed E-state index contributed by atoms with van der Waals surface area (Å²) in [5.74, 6) is 1.01. The molecule has 0 aliphatic heterocycles. The molecular weight excluding hydrogens is 428 g/mol. The molecule has 0 radical (unpaired) electrons. The minimum Gasteiger partial charge on any atom is -0.496 e. The standard InChI is InChI=1S/C16H14Br2N2O3/c1-22-15-7-2-11(8-14(15)18)9-19-20-16(21)10-23-13-5-3-12(17)4-6-13/h2-9H,10H2,1H3,(H,20,21)/b19-9+. The fraction of sp³-hybridized carbons (Fsp3) is 0.125. The van der Waals surface area contributed by atoms with E-state index in [1.54, 1.807) is 25.5 Å². The molecule has 7 heteroatoms. The normalized spacial score (nSPS) is 10.6. The summed E-state index contributed by atoms with van der Waals surface area (Å²) in [4.78, 5) is 11.7. The molecule has 2 rings (SSSR count). The number of amides is 1. The van der Waals surface area contributed by atoms with Crippen molar-refractivity contribution in [3.05, 3.63) is 57.0 Å². The molecule has 1 N–H and O–H groups in total. The lowest BCUT2D eigenvalue weighted by atomic mass is 10.2. The van der Waals surface area contributed by atoms with Gasteiger partial charge in [-0.15, -0.1) is 0 Å². The van der Waals surface area contributed by atoms with Gasteiger partial charge in [-0.05, 0) is 64.0 Å². The second kappa shape index (κ2) is 8.69. The van der Waals surface area contributed by atoms with Gasteiger partial charge in [-0.1, -0.05) is 15.9 Å². The highest BCUT2D eigenvalue weighted by Gasteiger charge is 2.02. The van der Waals surface area contributed by atoms with Crippen molar-refractivity contribution < 1.29 is 14.3 Å². The van der Waals surface area contributed by atoms with Gasteiger partial charge in [0, 0.05) is 4.47 Å². The summed E-state index contributed by atoms with van der Waals surface area (Å²) in [6.07, 6.45) is 1.54. The highest BCUT2D eigenvalue weighted by atomic mass is 79.9. The molecule has 23 heavy (non-hydrogen) atoms. The van der Waals surface area contributed by atoms with Crippen molar-refractivity contribution in [2.45, 2.75) is 0 Å². The molecule has 0 fully saturated rings. The fourth-order valence-corrected chi connectivity index (χ4v) is 2.48. The van der Waals surface area contributed by atoms with E-state index in [0.29, 0.717) is 5.75 Å². The van der Waals surface area contributed by atoms with Crippen LogP contribution in [-0.2, 0) is 4.79 Å². The van der Waals surface area contributed by atoms with Crippen molar-refractivity contribution >= 4 is 44.0 Å². The molecule has 0 saturated heterocycles. The van der Waals surface area contributed by atoms with Crippen molar-refractivity contribution in [2.75, 3.05) is 13.7 Å². The van der Waals surface area contributed by atoms with Crippen molar-refractivity contribution in [1.29, 1.82) is 0 Å². The Morgan fingerprint density at radius 3 is 2.61 bits per heavy atom. The summed E-state index contributed by atoms with van der Waals surface area (Å²) < 4.78 is 12.2. The topological polar surface area (TPSA) is 59.9 Å². The minimum absolute atomic E-state index is 0.106. The van der Waals surface area contributed by atoms with Crippen molar-refractivity contribution in [3.8, 4) is 11.5 Å². The number of ether oxygens (including phenoxy) is 2. The van der Waals surface area contributed by atoms with Crippen LogP contribution in [-0.4, -0.2) is 25.8 Å². The molecule has 0 unspecified atom stereocenters. The quantitative estimate of drug-likeness (QED) is 0.548. The van der Waals surface area contributed by atoms with Crippen LogP contribution in [0.1, 0.15) is 5.56 Å². The predicted octanol–water partition coefficient (Wildman–Crippen LogP) is 3.75. The van der Waals surface area contributed by atoms with Crippen LogP contribution >= 0.6 is 31.9 Å². The van der Waals surface area contributed by atoms with Gasteiger partial charge in [-0.3, -0.25) is 4.79 Å². The van der Waals surface area contributed by atoms with Crippen LogP contribution in [0.15, 0.2) is 56.5 Å². The Morgan fingerprint density at radius 1 is 1.22 bits per heavy atom. The third-order valence-corrected chi connectivity index (χ3v) is 3.91. The fourth-order valence-electron chi connectivity index (χ4n) is 1.65. The second-order valence-corrected chi connectivity index (χ2v) is 6.20. The van der Waals surface area contributed by atoms with E-state index in [1.807, 2.05) is 30.3 Å². The van der Waals surface area contributed by atoms with E-state index in [0.717, 1.165) is 20.3 Å². The molecule has 0 heterocycles. The first-order chi connectivity index (χ1) is 11.1. The molecule has 0 aliphatic rings. The van der Waals surface area contributed by atoms with E-state index in [4.69, 9.17) is 9.47 Å². The number of carbonyl (C=O) groups is 1. The SMILES string of the molecule is COc1ccc(/C=N/NC(=O)COc2ccc(Br)cc2)cc1Br. The van der Waals surface area contributed by atoms with Gasteiger partial charge in [0.1, 0.15) is 11.5 Å². The van der Waals surface area contributed by atoms with Gasteiger partial charge in [0.15, 0.2) is 6.61 Å². The zero-order chi connectivity index (χ0) is 16.7. The average Bonchev–Trinajstić information content (AvgIpc) is 2.54.